The summed E-state index contributed by atoms with van der Waals surface area (Å²) in [4.78, 5) is 1.04. The number of hydrogen-bond donors (Lipinski definition) is 0. The zero-order valence-corrected chi connectivity index (χ0v) is 9.70. The zero-order chi connectivity index (χ0) is 11.0. The molecular formula is C14H12NS. The summed E-state index contributed by atoms with van der Waals surface area (Å²) in [5.74, 6) is 0. The number of hydrogen-bond acceptors (Lipinski definition) is 1. The van der Waals surface area contributed by atoms with Gasteiger partial charge in [0.25, 0.3) is 0 Å². The van der Waals surface area contributed by atoms with Crippen molar-refractivity contribution < 1.29 is 0 Å². The van der Waals surface area contributed by atoms with E-state index in [1.165, 1.54) is 16.7 Å². The third-order valence-electron chi connectivity index (χ3n) is 3.13. The summed E-state index contributed by atoms with van der Waals surface area (Å²) in [6.07, 6.45) is 7.19. The molecule has 1 unspecified atom stereocenters. The lowest BCUT2D eigenvalue weighted by Gasteiger charge is -2.17. The smallest absolute Gasteiger partial charge is 0.0763 e. The Morgan fingerprint density at radius 1 is 1.25 bits per heavy atom. The minimum Gasteiger partial charge on any atom is -0.224 e. The summed E-state index contributed by atoms with van der Waals surface area (Å²) in [6, 6.07) is 8.65. The molecule has 1 aromatic carbocycles. The van der Waals surface area contributed by atoms with Crippen LogP contribution in [-0.2, 0) is 6.54 Å². The first kappa shape index (κ1) is 9.94. The minimum atomic E-state index is 0.175. The Morgan fingerprint density at radius 3 is 3.00 bits per heavy atom. The fraction of sp³-hybridized carbons (Fsp3) is 0.214. The summed E-state index contributed by atoms with van der Waals surface area (Å²) in [5, 5.41) is 4.69. The van der Waals surface area contributed by atoms with Crippen molar-refractivity contribution in [1.82, 2.24) is 5.32 Å². The van der Waals surface area contributed by atoms with Crippen molar-refractivity contribution in [2.45, 2.75) is 19.0 Å². The molecule has 1 heterocycles. The molecule has 2 heteroatoms. The van der Waals surface area contributed by atoms with Gasteiger partial charge in [0.2, 0.25) is 0 Å². The quantitative estimate of drug-likeness (QED) is 0.671. The molecule has 0 saturated heterocycles. The van der Waals surface area contributed by atoms with Crippen LogP contribution in [0.2, 0.25) is 0 Å². The highest BCUT2D eigenvalue weighted by Gasteiger charge is 2.27. The maximum Gasteiger partial charge on any atom is 0.0763 e. The number of thiocarbonyl (C=S) groups is 1. The molecule has 0 saturated carbocycles. The van der Waals surface area contributed by atoms with Crippen molar-refractivity contribution in [1.29, 1.82) is 0 Å². The summed E-state index contributed by atoms with van der Waals surface area (Å²) < 4.78 is 0. The number of benzene rings is 1. The first-order valence-corrected chi connectivity index (χ1v) is 5.91. The number of rotatable bonds is 1. The molecule has 0 amide bonds. The summed E-state index contributed by atoms with van der Waals surface area (Å²) in [5.41, 5.74) is 3.87. The Morgan fingerprint density at radius 2 is 2.12 bits per heavy atom. The van der Waals surface area contributed by atoms with E-state index in [2.05, 4.69) is 47.8 Å². The van der Waals surface area contributed by atoms with Gasteiger partial charge in [-0.15, -0.1) is 0 Å². The summed E-state index contributed by atoms with van der Waals surface area (Å²) in [7, 11) is 0. The van der Waals surface area contributed by atoms with Gasteiger partial charge in [0.05, 0.1) is 6.04 Å². The molecule has 1 aliphatic heterocycles. The average molecular weight is 226 g/mol. The molecule has 0 N–H and O–H groups in total. The van der Waals surface area contributed by atoms with Gasteiger partial charge in [-0.2, -0.15) is 0 Å². The first-order chi connectivity index (χ1) is 7.86. The third kappa shape index (κ3) is 1.55. The van der Waals surface area contributed by atoms with Crippen LogP contribution in [0.15, 0.2) is 48.1 Å². The number of nitrogens with zero attached hydrogens (tertiary/aromatic N) is 1. The SMILES string of the molecule is S=C1CC=CC=C1C1[N]Cc2ccccc21. The van der Waals surface area contributed by atoms with E-state index in [0.29, 0.717) is 0 Å². The van der Waals surface area contributed by atoms with Crippen LogP contribution in [0.5, 0.6) is 0 Å². The predicted octanol–water partition coefficient (Wildman–Crippen LogP) is 3.10. The molecule has 0 bridgehead atoms. The lowest BCUT2D eigenvalue weighted by atomic mass is 9.93. The van der Waals surface area contributed by atoms with E-state index in [0.717, 1.165) is 17.8 Å². The Bertz CT molecular complexity index is 499. The maximum atomic E-state index is 5.41. The van der Waals surface area contributed by atoms with Crippen LogP contribution in [0, 0.1) is 0 Å². The van der Waals surface area contributed by atoms with Crippen molar-refractivity contribution in [3.05, 3.63) is 59.2 Å². The number of fused-ring (bicyclic) bond motifs is 1. The van der Waals surface area contributed by atoms with E-state index < -0.39 is 0 Å². The average Bonchev–Trinajstić information content (AvgIpc) is 2.74. The van der Waals surface area contributed by atoms with Crippen LogP contribution in [0.1, 0.15) is 23.6 Å². The van der Waals surface area contributed by atoms with Crippen LogP contribution in [0.3, 0.4) is 0 Å². The van der Waals surface area contributed by atoms with Gasteiger partial charge in [-0.05, 0) is 16.7 Å². The van der Waals surface area contributed by atoms with Crippen LogP contribution in [-0.4, -0.2) is 4.86 Å². The highest BCUT2D eigenvalue weighted by atomic mass is 32.1. The Hall–Kier alpha value is -1.25. The Balaban J connectivity index is 2.01. The minimum absolute atomic E-state index is 0.175. The predicted molar refractivity (Wildman–Crippen MR) is 69.5 cm³/mol. The number of allylic oxidation sites excluding steroid dienone is 3. The molecule has 3 rings (SSSR count). The standard InChI is InChI=1S/C14H12NS/c16-13-8-4-3-7-12(13)14-11-6-2-1-5-10(11)9-15-14/h1-7,14H,8-9H2. The van der Waals surface area contributed by atoms with Crippen LogP contribution in [0.25, 0.3) is 0 Å². The molecule has 1 aliphatic carbocycles. The van der Waals surface area contributed by atoms with E-state index in [9.17, 15) is 0 Å². The van der Waals surface area contributed by atoms with Crippen LogP contribution < -0.4 is 5.32 Å². The highest BCUT2D eigenvalue weighted by molar-refractivity contribution is 7.80. The van der Waals surface area contributed by atoms with Gasteiger partial charge < -0.3 is 0 Å². The van der Waals surface area contributed by atoms with E-state index in [1.807, 2.05) is 0 Å². The monoisotopic (exact) mass is 226 g/mol. The van der Waals surface area contributed by atoms with Crippen LogP contribution in [0.4, 0.5) is 0 Å². The molecule has 1 radical (unpaired) electrons. The van der Waals surface area contributed by atoms with E-state index in [-0.39, 0.29) is 6.04 Å². The molecule has 1 aromatic rings. The maximum absolute atomic E-state index is 5.41. The molecule has 79 valence electrons. The normalized spacial score (nSPS) is 23.1. The van der Waals surface area contributed by atoms with Gasteiger partial charge in [-0.1, -0.05) is 54.7 Å². The van der Waals surface area contributed by atoms with Crippen molar-refractivity contribution in [3.63, 3.8) is 0 Å². The third-order valence-corrected chi connectivity index (χ3v) is 3.53. The van der Waals surface area contributed by atoms with Crippen molar-refractivity contribution in [2.75, 3.05) is 0 Å². The lowest BCUT2D eigenvalue weighted by molar-refractivity contribution is 0.655. The van der Waals surface area contributed by atoms with Crippen molar-refractivity contribution >= 4 is 17.1 Å². The molecule has 0 aromatic heterocycles. The Labute approximate surface area is 101 Å². The fourth-order valence-corrected chi connectivity index (χ4v) is 2.58. The molecular weight excluding hydrogens is 214 g/mol. The van der Waals surface area contributed by atoms with E-state index >= 15 is 0 Å². The van der Waals surface area contributed by atoms with Crippen molar-refractivity contribution in [3.8, 4) is 0 Å². The first-order valence-electron chi connectivity index (χ1n) is 5.50. The largest absolute Gasteiger partial charge is 0.224 e. The van der Waals surface area contributed by atoms with Gasteiger partial charge in [-0.25, -0.2) is 5.32 Å². The van der Waals surface area contributed by atoms with Crippen molar-refractivity contribution in [2.24, 2.45) is 0 Å². The second kappa shape index (κ2) is 3.96. The zero-order valence-electron chi connectivity index (χ0n) is 8.89. The molecule has 16 heavy (non-hydrogen) atoms. The molecule has 0 spiro atoms. The van der Waals surface area contributed by atoms with E-state index in [4.69, 9.17) is 12.2 Å². The Kier molecular flexibility index (Phi) is 2.46. The summed E-state index contributed by atoms with van der Waals surface area (Å²) in [6.45, 7) is 0.824. The highest BCUT2D eigenvalue weighted by Crippen LogP contribution is 2.34. The molecule has 0 fully saturated rings. The topological polar surface area (TPSA) is 14.1 Å². The van der Waals surface area contributed by atoms with Gasteiger partial charge in [0, 0.05) is 17.8 Å². The fourth-order valence-electron chi connectivity index (χ4n) is 2.30. The van der Waals surface area contributed by atoms with Gasteiger partial charge in [-0.3, -0.25) is 0 Å². The van der Waals surface area contributed by atoms with E-state index in [1.54, 1.807) is 0 Å². The van der Waals surface area contributed by atoms with Gasteiger partial charge in [0.1, 0.15) is 0 Å². The molecule has 2 aliphatic rings. The van der Waals surface area contributed by atoms with Gasteiger partial charge >= 0.3 is 0 Å². The molecule has 1 nitrogen and oxygen atoms in total. The van der Waals surface area contributed by atoms with Gasteiger partial charge in [0.15, 0.2) is 0 Å². The molecule has 1 atom stereocenters. The lowest BCUT2D eigenvalue weighted by Crippen LogP contribution is -2.15. The summed E-state index contributed by atoms with van der Waals surface area (Å²) >= 11 is 5.41. The second-order valence-corrected chi connectivity index (χ2v) is 4.61. The van der Waals surface area contributed by atoms with Crippen LogP contribution >= 0.6 is 12.2 Å². The second-order valence-electron chi connectivity index (χ2n) is 4.12.